The second-order valence-electron chi connectivity index (χ2n) is 16.4. The first kappa shape index (κ1) is 39.0. The third-order valence-corrected chi connectivity index (χ3v) is 12.1. The molecule has 0 bridgehead atoms. The van der Waals surface area contributed by atoms with Gasteiger partial charge in [0, 0.05) is 13.1 Å². The van der Waals surface area contributed by atoms with Gasteiger partial charge in [-0.15, -0.1) is 0 Å². The molecule has 56 heavy (non-hydrogen) atoms. The molecule has 2 fully saturated rings. The number of imidazole rings is 2. The van der Waals surface area contributed by atoms with Crippen molar-refractivity contribution >= 4 is 23.5 Å². The Morgan fingerprint density at radius 1 is 0.875 bits per heavy atom. The number of allylic oxidation sites excluding steroid dienone is 2. The molecule has 1 aliphatic carbocycles. The second-order valence-corrected chi connectivity index (χ2v) is 16.4. The molecule has 2 aromatic carbocycles. The lowest BCUT2D eigenvalue weighted by atomic mass is 9.71. The van der Waals surface area contributed by atoms with E-state index >= 15 is 0 Å². The summed E-state index contributed by atoms with van der Waals surface area (Å²) in [6.07, 6.45) is 11.9. The Hall–Kier alpha value is -5.23. The zero-order valence-corrected chi connectivity index (χ0v) is 33.5. The number of likely N-dealkylation sites (N-methyl/N-ethyl adjacent to an activating group) is 1. The Morgan fingerprint density at radius 2 is 1.48 bits per heavy atom. The molecule has 4 aromatic rings. The Bertz CT molecular complexity index is 2040. The molecular weight excluding hydrogens is 705 g/mol. The molecule has 296 valence electrons. The quantitative estimate of drug-likeness (QED) is 0.146. The lowest BCUT2D eigenvalue weighted by Crippen LogP contribution is -2.51. The van der Waals surface area contributed by atoms with Crippen molar-refractivity contribution in [3.05, 3.63) is 102 Å². The smallest absolute Gasteiger partial charge is 0.407 e. The number of nitrogens with zero attached hydrogens (tertiary/aromatic N) is 5. The number of H-pyrrole nitrogens is 2. The van der Waals surface area contributed by atoms with Crippen molar-refractivity contribution < 1.29 is 19.1 Å². The third-order valence-electron chi connectivity index (χ3n) is 12.1. The lowest BCUT2D eigenvalue weighted by Gasteiger charge is -2.33. The fourth-order valence-electron chi connectivity index (χ4n) is 8.81. The minimum absolute atomic E-state index is 0.00672. The number of carbonyl (C=O) groups excluding carboxylic acids is 3. The van der Waals surface area contributed by atoms with Crippen LogP contribution in [-0.2, 0) is 19.7 Å². The molecule has 7 rings (SSSR count). The Labute approximate surface area is 330 Å². The summed E-state index contributed by atoms with van der Waals surface area (Å²) in [4.78, 5) is 62.0. The van der Waals surface area contributed by atoms with Crippen molar-refractivity contribution in [3.8, 4) is 11.3 Å². The van der Waals surface area contributed by atoms with Crippen LogP contribution >= 0.6 is 0 Å². The number of likely N-dealkylation sites (tertiary alicyclic amines) is 2. The molecule has 3 amide bonds. The molecule has 2 aromatic heterocycles. The van der Waals surface area contributed by atoms with Gasteiger partial charge in [0.25, 0.3) is 0 Å². The maximum Gasteiger partial charge on any atom is 0.407 e. The first-order valence-electron chi connectivity index (χ1n) is 20.0. The summed E-state index contributed by atoms with van der Waals surface area (Å²) in [5.41, 5.74) is 6.55. The van der Waals surface area contributed by atoms with Crippen LogP contribution in [0.25, 0.3) is 16.8 Å². The van der Waals surface area contributed by atoms with Gasteiger partial charge in [-0.2, -0.15) is 0 Å². The number of benzene rings is 2. The number of methoxy groups -OCH3 is 1. The summed E-state index contributed by atoms with van der Waals surface area (Å²) >= 11 is 0. The van der Waals surface area contributed by atoms with Crippen molar-refractivity contribution in [2.75, 3.05) is 34.3 Å². The van der Waals surface area contributed by atoms with Gasteiger partial charge in [-0.05, 0) is 92.6 Å². The number of ether oxygens (including phenoxy) is 1. The first-order valence-corrected chi connectivity index (χ1v) is 20.0. The molecule has 2 aliphatic heterocycles. The average molecular weight is 761 g/mol. The van der Waals surface area contributed by atoms with Crippen molar-refractivity contribution in [2.24, 2.45) is 5.92 Å². The van der Waals surface area contributed by atoms with Gasteiger partial charge in [-0.1, -0.05) is 81.4 Å². The van der Waals surface area contributed by atoms with Crippen LogP contribution in [0.5, 0.6) is 0 Å². The van der Waals surface area contributed by atoms with E-state index in [2.05, 4.69) is 52.5 Å². The predicted octanol–water partition coefficient (Wildman–Crippen LogP) is 7.34. The number of carbonyl (C=O) groups is 3. The van der Waals surface area contributed by atoms with Gasteiger partial charge < -0.3 is 29.8 Å². The lowest BCUT2D eigenvalue weighted by molar-refractivity contribution is -0.137. The summed E-state index contributed by atoms with van der Waals surface area (Å²) in [5.74, 6) is 1.53. The van der Waals surface area contributed by atoms with Gasteiger partial charge in [0.1, 0.15) is 23.7 Å². The van der Waals surface area contributed by atoms with E-state index in [9.17, 15) is 14.4 Å². The van der Waals surface area contributed by atoms with Gasteiger partial charge in [0.2, 0.25) is 11.8 Å². The molecule has 3 aliphatic rings. The van der Waals surface area contributed by atoms with Crippen molar-refractivity contribution in [3.63, 3.8) is 0 Å². The Kier molecular flexibility index (Phi) is 11.5. The molecule has 0 spiro atoms. The van der Waals surface area contributed by atoms with Crippen molar-refractivity contribution in [1.29, 1.82) is 0 Å². The number of amides is 3. The summed E-state index contributed by atoms with van der Waals surface area (Å²) in [6.45, 7) is 7.51. The number of alkyl carbamates (subject to hydrolysis) is 1. The minimum Gasteiger partial charge on any atom is -0.453 e. The van der Waals surface area contributed by atoms with Crippen molar-refractivity contribution in [1.82, 2.24) is 40.0 Å². The predicted molar refractivity (Wildman–Crippen MR) is 216 cm³/mol. The maximum absolute atomic E-state index is 14.0. The van der Waals surface area contributed by atoms with Gasteiger partial charge >= 0.3 is 6.09 Å². The standard InChI is InChI=1S/C44H56N8O4/c1-28(2)37(49-43(55)56-6)41(53)51-24-10-14-35(51)39-45-26-33(47-39)29-16-18-32(19-17-29)44(3)22-20-30(21-23-44)34-27-46-40(48-34)36-15-11-25-52(36)42(54)38(50(4)5)31-12-8-7-9-13-31/h7-9,12-13,16-20,26-28,35-38H,10-11,14-15,21-25H2,1-6H3,(H,45,47)(H,46,48)(H,49,55)/t35-,36-,37-,38+,44?/m0/s1. The Morgan fingerprint density at radius 3 is 2.05 bits per heavy atom. The number of hydrogen-bond donors (Lipinski definition) is 3. The third kappa shape index (κ3) is 7.89. The largest absolute Gasteiger partial charge is 0.453 e. The molecule has 4 heterocycles. The molecule has 12 nitrogen and oxygen atoms in total. The summed E-state index contributed by atoms with van der Waals surface area (Å²) in [5, 5.41) is 2.71. The fraction of sp³-hybridized carbons (Fsp3) is 0.477. The van der Waals surface area contributed by atoms with E-state index in [-0.39, 0.29) is 41.3 Å². The van der Waals surface area contributed by atoms with Crippen LogP contribution in [0.3, 0.4) is 0 Å². The molecule has 5 atom stereocenters. The number of aromatic nitrogens is 4. The van der Waals surface area contributed by atoms with Gasteiger partial charge in [0.15, 0.2) is 0 Å². The number of aromatic amines is 2. The summed E-state index contributed by atoms with van der Waals surface area (Å²) < 4.78 is 4.77. The van der Waals surface area contributed by atoms with E-state index in [0.29, 0.717) is 6.54 Å². The number of hydrogen-bond acceptors (Lipinski definition) is 7. The van der Waals surface area contributed by atoms with E-state index in [1.807, 2.05) is 85.4 Å². The average Bonchev–Trinajstić information content (AvgIpc) is 4.04. The molecule has 1 unspecified atom stereocenters. The SMILES string of the molecule is COC(=O)N[C@H](C(=O)N1CCC[C@H]1c1ncc(-c2ccc(C3(C)CC=C(c4cnc([C@@H]5CCCN5C(=O)[C@@H](c5ccccc5)N(C)C)[nH]4)CC3)cc2)[nH]1)C(C)C. The zero-order chi connectivity index (χ0) is 39.6. The highest BCUT2D eigenvalue weighted by molar-refractivity contribution is 5.86. The van der Waals surface area contributed by atoms with E-state index < -0.39 is 12.1 Å². The summed E-state index contributed by atoms with van der Waals surface area (Å²) in [6, 6.07) is 17.5. The highest BCUT2D eigenvalue weighted by Gasteiger charge is 2.39. The normalized spacial score (nSPS) is 22.3. The molecule has 12 heteroatoms. The van der Waals surface area contributed by atoms with Gasteiger partial charge in [-0.3, -0.25) is 14.5 Å². The van der Waals surface area contributed by atoms with E-state index in [1.165, 1.54) is 18.2 Å². The molecular formula is C44H56N8O4. The zero-order valence-electron chi connectivity index (χ0n) is 33.5. The summed E-state index contributed by atoms with van der Waals surface area (Å²) in [7, 11) is 5.23. The minimum atomic E-state index is -0.671. The first-order chi connectivity index (χ1) is 27.0. The van der Waals surface area contributed by atoms with E-state index in [4.69, 9.17) is 14.7 Å². The van der Waals surface area contributed by atoms with Crippen LogP contribution in [0, 0.1) is 5.92 Å². The highest BCUT2D eigenvalue weighted by atomic mass is 16.5. The molecule has 0 radical (unpaired) electrons. The van der Waals surface area contributed by atoms with Crippen LogP contribution < -0.4 is 5.32 Å². The van der Waals surface area contributed by atoms with Crippen LogP contribution in [-0.4, -0.2) is 92.9 Å². The second kappa shape index (κ2) is 16.5. The van der Waals surface area contributed by atoms with Crippen LogP contribution in [0.4, 0.5) is 4.79 Å². The topological polar surface area (TPSA) is 140 Å². The molecule has 3 N–H and O–H groups in total. The van der Waals surface area contributed by atoms with E-state index in [1.54, 1.807) is 0 Å². The van der Waals surface area contributed by atoms with Crippen LogP contribution in [0.15, 0.2) is 73.1 Å². The maximum atomic E-state index is 14.0. The number of nitrogens with one attached hydrogen (secondary N) is 3. The fourth-order valence-corrected chi connectivity index (χ4v) is 8.81. The van der Waals surface area contributed by atoms with Gasteiger partial charge in [-0.25, -0.2) is 14.8 Å². The highest BCUT2D eigenvalue weighted by Crippen LogP contribution is 2.42. The Balaban J connectivity index is 0.997. The molecule has 2 saturated heterocycles. The van der Waals surface area contributed by atoms with Gasteiger partial charge in [0.05, 0.1) is 43.0 Å². The monoisotopic (exact) mass is 760 g/mol. The van der Waals surface area contributed by atoms with Crippen LogP contribution in [0.2, 0.25) is 0 Å². The van der Waals surface area contributed by atoms with E-state index in [0.717, 1.165) is 85.7 Å². The van der Waals surface area contributed by atoms with Crippen LogP contribution in [0.1, 0.15) is 112 Å². The number of rotatable bonds is 11. The van der Waals surface area contributed by atoms with Crippen molar-refractivity contribution in [2.45, 2.75) is 95.3 Å². The molecule has 0 saturated carbocycles.